The molecule has 0 saturated heterocycles. The minimum absolute atomic E-state index is 0.565. The highest BCUT2D eigenvalue weighted by atomic mass is 16.5. The van der Waals surface area contributed by atoms with Crippen LogP contribution in [0.4, 0.5) is 0 Å². The first kappa shape index (κ1) is 13.3. The Morgan fingerprint density at radius 1 is 1.41 bits per heavy atom. The number of likely N-dealkylation sites (N-methyl/N-ethyl adjacent to an activating group) is 1. The smallest absolute Gasteiger partial charge is 0.329 e. The van der Waals surface area contributed by atoms with Crippen molar-refractivity contribution in [1.82, 2.24) is 4.90 Å². The van der Waals surface area contributed by atoms with Crippen molar-refractivity contribution in [3.05, 3.63) is 48.2 Å². The topological polar surface area (TPSA) is 49.8 Å². The molecule has 0 bridgehead atoms. The van der Waals surface area contributed by atoms with E-state index in [9.17, 15) is 4.79 Å². The van der Waals surface area contributed by atoms with Gasteiger partial charge in [-0.1, -0.05) is 30.3 Å². The van der Waals surface area contributed by atoms with Crippen LogP contribution in [0.5, 0.6) is 0 Å². The summed E-state index contributed by atoms with van der Waals surface area (Å²) in [6.45, 7) is 1.81. The zero-order valence-corrected chi connectivity index (χ0v) is 9.87. The lowest BCUT2D eigenvalue weighted by atomic mass is 10.2. The Morgan fingerprint density at radius 3 is 2.76 bits per heavy atom. The third kappa shape index (κ3) is 6.37. The van der Waals surface area contributed by atoms with Crippen molar-refractivity contribution in [2.24, 2.45) is 0 Å². The maximum atomic E-state index is 10.3. The molecule has 4 nitrogen and oxygen atoms in total. The van der Waals surface area contributed by atoms with Crippen molar-refractivity contribution in [3.63, 3.8) is 0 Å². The standard InChI is InChI=1S/C13H17NO3/c1-14(8-7-13(15)16)9-10-17-11-12-5-3-2-4-6-12/h2-8H,9-11H2,1H3,(H,15,16)/b8-7+. The molecule has 17 heavy (non-hydrogen) atoms. The van der Waals surface area contributed by atoms with Gasteiger partial charge in [0, 0.05) is 25.9 Å². The van der Waals surface area contributed by atoms with Crippen LogP contribution in [0.1, 0.15) is 5.56 Å². The molecule has 1 rings (SSSR count). The molecule has 0 atom stereocenters. The minimum Gasteiger partial charge on any atom is -0.478 e. The third-order valence-corrected chi connectivity index (χ3v) is 2.17. The molecule has 0 amide bonds. The van der Waals surface area contributed by atoms with Gasteiger partial charge in [-0.15, -0.1) is 0 Å². The monoisotopic (exact) mass is 235 g/mol. The Kier molecular flexibility index (Phi) is 5.82. The summed E-state index contributed by atoms with van der Waals surface area (Å²) >= 11 is 0. The molecule has 0 spiro atoms. The Balaban J connectivity index is 2.14. The summed E-state index contributed by atoms with van der Waals surface area (Å²) < 4.78 is 5.47. The molecule has 4 heteroatoms. The molecule has 0 aliphatic carbocycles. The molecule has 0 unspecified atom stereocenters. The van der Waals surface area contributed by atoms with Gasteiger partial charge in [-0.3, -0.25) is 0 Å². The van der Waals surface area contributed by atoms with Gasteiger partial charge < -0.3 is 14.7 Å². The first-order valence-corrected chi connectivity index (χ1v) is 5.41. The summed E-state index contributed by atoms with van der Waals surface area (Å²) in [5.74, 6) is -0.943. The zero-order valence-electron chi connectivity index (χ0n) is 9.87. The summed E-state index contributed by atoms with van der Waals surface area (Å²) in [6, 6.07) is 9.93. The Bertz CT molecular complexity index is 362. The first-order chi connectivity index (χ1) is 8.18. The predicted octanol–water partition coefficient (Wildman–Crippen LogP) is 1.73. The van der Waals surface area contributed by atoms with E-state index >= 15 is 0 Å². The number of hydrogen-bond donors (Lipinski definition) is 1. The van der Waals surface area contributed by atoms with Crippen LogP contribution in [0.2, 0.25) is 0 Å². The first-order valence-electron chi connectivity index (χ1n) is 5.41. The van der Waals surface area contributed by atoms with E-state index in [0.29, 0.717) is 19.8 Å². The fraction of sp³-hybridized carbons (Fsp3) is 0.308. The molecule has 0 saturated carbocycles. The molecule has 0 aliphatic rings. The summed E-state index contributed by atoms with van der Waals surface area (Å²) in [5.41, 5.74) is 1.14. The molecule has 0 fully saturated rings. The average Bonchev–Trinajstić information content (AvgIpc) is 2.33. The number of carboxylic acids is 1. The van der Waals surface area contributed by atoms with Gasteiger partial charge in [-0.2, -0.15) is 0 Å². The van der Waals surface area contributed by atoms with Crippen molar-refractivity contribution in [2.75, 3.05) is 20.2 Å². The molecule has 1 N–H and O–H groups in total. The fourth-order valence-corrected chi connectivity index (χ4v) is 1.24. The molecular weight excluding hydrogens is 218 g/mol. The summed E-state index contributed by atoms with van der Waals surface area (Å²) in [4.78, 5) is 12.1. The van der Waals surface area contributed by atoms with E-state index in [1.165, 1.54) is 6.20 Å². The van der Waals surface area contributed by atoms with Crippen LogP contribution in [0.3, 0.4) is 0 Å². The highest BCUT2D eigenvalue weighted by Gasteiger charge is 1.95. The van der Waals surface area contributed by atoms with Gasteiger partial charge in [0.2, 0.25) is 0 Å². The normalized spacial score (nSPS) is 10.6. The van der Waals surface area contributed by atoms with Crippen LogP contribution in [-0.2, 0) is 16.1 Å². The number of aliphatic carboxylic acids is 1. The highest BCUT2D eigenvalue weighted by Crippen LogP contribution is 2.00. The quantitative estimate of drug-likeness (QED) is 0.577. The molecule has 0 aliphatic heterocycles. The summed E-state index contributed by atoms with van der Waals surface area (Å²) in [7, 11) is 1.81. The number of carbonyl (C=O) groups is 1. The Hall–Kier alpha value is -1.81. The van der Waals surface area contributed by atoms with E-state index in [1.807, 2.05) is 37.4 Å². The lowest BCUT2D eigenvalue weighted by Gasteiger charge is -2.13. The number of benzene rings is 1. The van der Waals surface area contributed by atoms with Crippen molar-refractivity contribution >= 4 is 5.97 Å². The van der Waals surface area contributed by atoms with Crippen molar-refractivity contribution < 1.29 is 14.6 Å². The van der Waals surface area contributed by atoms with Crippen LogP contribution in [0.25, 0.3) is 0 Å². The summed E-state index contributed by atoms with van der Waals surface area (Å²) in [6.07, 6.45) is 2.63. The van der Waals surface area contributed by atoms with E-state index in [1.54, 1.807) is 4.90 Å². The second-order valence-electron chi connectivity index (χ2n) is 3.67. The SMILES string of the molecule is CN(/C=C/C(=O)O)CCOCc1ccccc1. The molecule has 1 aromatic carbocycles. The fourth-order valence-electron chi connectivity index (χ4n) is 1.24. The van der Waals surface area contributed by atoms with E-state index in [4.69, 9.17) is 9.84 Å². The number of nitrogens with zero attached hydrogens (tertiary/aromatic N) is 1. The molecule has 92 valence electrons. The van der Waals surface area contributed by atoms with Gasteiger partial charge in [0.05, 0.1) is 13.2 Å². The van der Waals surface area contributed by atoms with Crippen molar-refractivity contribution in [1.29, 1.82) is 0 Å². The van der Waals surface area contributed by atoms with Gasteiger partial charge in [0.15, 0.2) is 0 Å². The number of ether oxygens (including phenoxy) is 1. The van der Waals surface area contributed by atoms with E-state index < -0.39 is 5.97 Å². The van der Waals surface area contributed by atoms with Crippen LogP contribution < -0.4 is 0 Å². The molecule has 1 aromatic rings. The number of hydrogen-bond acceptors (Lipinski definition) is 3. The molecule has 0 heterocycles. The average molecular weight is 235 g/mol. The number of carboxylic acid groups (broad SMARTS) is 1. The van der Waals surface area contributed by atoms with Crippen LogP contribution in [0.15, 0.2) is 42.6 Å². The van der Waals surface area contributed by atoms with Gasteiger partial charge in [0.1, 0.15) is 0 Å². The van der Waals surface area contributed by atoms with Crippen molar-refractivity contribution in [2.45, 2.75) is 6.61 Å². The Morgan fingerprint density at radius 2 is 2.12 bits per heavy atom. The second kappa shape index (κ2) is 7.46. The Labute approximate surface area is 101 Å². The van der Waals surface area contributed by atoms with Gasteiger partial charge >= 0.3 is 5.97 Å². The van der Waals surface area contributed by atoms with Crippen molar-refractivity contribution in [3.8, 4) is 0 Å². The molecule has 0 aromatic heterocycles. The maximum absolute atomic E-state index is 10.3. The molecular formula is C13H17NO3. The van der Waals surface area contributed by atoms with Gasteiger partial charge in [-0.05, 0) is 5.56 Å². The van der Waals surface area contributed by atoms with Crippen LogP contribution in [-0.4, -0.2) is 36.2 Å². The lowest BCUT2D eigenvalue weighted by molar-refractivity contribution is -0.131. The third-order valence-electron chi connectivity index (χ3n) is 2.17. The predicted molar refractivity (Wildman–Crippen MR) is 65.5 cm³/mol. The molecule has 0 radical (unpaired) electrons. The van der Waals surface area contributed by atoms with E-state index in [0.717, 1.165) is 11.6 Å². The van der Waals surface area contributed by atoms with Gasteiger partial charge in [-0.25, -0.2) is 4.79 Å². The minimum atomic E-state index is -0.943. The largest absolute Gasteiger partial charge is 0.478 e. The van der Waals surface area contributed by atoms with Gasteiger partial charge in [0.25, 0.3) is 0 Å². The van der Waals surface area contributed by atoms with Crippen LogP contribution >= 0.6 is 0 Å². The van der Waals surface area contributed by atoms with E-state index in [2.05, 4.69) is 0 Å². The second-order valence-corrected chi connectivity index (χ2v) is 3.67. The lowest BCUT2D eigenvalue weighted by Crippen LogP contribution is -2.17. The van der Waals surface area contributed by atoms with E-state index in [-0.39, 0.29) is 0 Å². The summed E-state index contributed by atoms with van der Waals surface area (Å²) in [5, 5.41) is 8.44. The highest BCUT2D eigenvalue weighted by molar-refractivity contribution is 5.79. The number of rotatable bonds is 7. The van der Waals surface area contributed by atoms with Crippen LogP contribution in [0, 0.1) is 0 Å². The zero-order chi connectivity index (χ0) is 12.5. The maximum Gasteiger partial charge on any atom is 0.329 e.